The van der Waals surface area contributed by atoms with Gasteiger partial charge in [-0.05, 0) is 27.7 Å². The van der Waals surface area contributed by atoms with Crippen molar-refractivity contribution in [3.8, 4) is 0 Å². The van der Waals surface area contributed by atoms with Gasteiger partial charge in [-0.1, -0.05) is 21.6 Å². The number of carbonyl (C=O) groups is 4. The van der Waals surface area contributed by atoms with Crippen LogP contribution in [0.5, 0.6) is 0 Å². The Hall–Kier alpha value is -1.66. The van der Waals surface area contributed by atoms with Gasteiger partial charge in [-0.15, -0.1) is 0 Å². The molecule has 0 aliphatic carbocycles. The fraction of sp³-hybridized carbons (Fsp3) is 0.846. The number of carbonyl (C=O) groups excluding carboxylic acids is 4. The Labute approximate surface area is 251 Å². The van der Waals surface area contributed by atoms with E-state index in [2.05, 4.69) is 0 Å². The Balaban J connectivity index is 1.52. The van der Waals surface area contributed by atoms with Gasteiger partial charge in [-0.3, -0.25) is 19.2 Å². The monoisotopic (exact) mass is 638 g/mol. The first-order valence-electron chi connectivity index (χ1n) is 13.5. The fourth-order valence-electron chi connectivity index (χ4n) is 5.27. The Morgan fingerprint density at radius 2 is 1.19 bits per heavy atom. The lowest BCUT2D eigenvalue weighted by Crippen LogP contribution is -2.61. The van der Waals surface area contributed by atoms with Gasteiger partial charge >= 0.3 is 23.9 Å². The second-order valence-electron chi connectivity index (χ2n) is 11.2. The zero-order valence-electron chi connectivity index (χ0n) is 24.7. The van der Waals surface area contributed by atoms with Crippen LogP contribution >= 0.6 is 21.6 Å². The summed E-state index contributed by atoms with van der Waals surface area (Å²) in [6.45, 7) is 11.7. The molecule has 0 unspecified atom stereocenters. The zero-order chi connectivity index (χ0) is 31.0. The van der Waals surface area contributed by atoms with Gasteiger partial charge in [-0.2, -0.15) is 0 Å². The van der Waals surface area contributed by atoms with Gasteiger partial charge in [-0.25, -0.2) is 0 Å². The van der Waals surface area contributed by atoms with E-state index in [-0.39, 0.29) is 6.61 Å². The quantitative estimate of drug-likeness (QED) is 0.204. The van der Waals surface area contributed by atoms with Crippen LogP contribution in [-0.2, 0) is 66.5 Å². The van der Waals surface area contributed by atoms with Crippen molar-refractivity contribution >= 4 is 45.5 Å². The molecule has 4 aliphatic heterocycles. The van der Waals surface area contributed by atoms with Crippen LogP contribution in [0.25, 0.3) is 0 Å². The molecule has 0 saturated carbocycles. The van der Waals surface area contributed by atoms with Crippen molar-refractivity contribution in [1.82, 2.24) is 0 Å². The maximum Gasteiger partial charge on any atom is 0.303 e. The number of fused-ring (bicyclic) bond motifs is 3. The molecule has 14 nitrogen and oxygen atoms in total. The molecule has 0 aromatic carbocycles. The van der Waals surface area contributed by atoms with Gasteiger partial charge in [0.15, 0.2) is 41.6 Å². The zero-order valence-corrected chi connectivity index (χ0v) is 26.4. The smallest absolute Gasteiger partial charge is 0.303 e. The van der Waals surface area contributed by atoms with E-state index in [4.69, 9.17) is 47.4 Å². The highest BCUT2D eigenvalue weighted by atomic mass is 33.1. The van der Waals surface area contributed by atoms with Crippen LogP contribution < -0.4 is 0 Å². The molecule has 4 saturated heterocycles. The maximum atomic E-state index is 12.1. The molecule has 0 aromatic heterocycles. The lowest BCUT2D eigenvalue weighted by atomic mass is 9.99. The lowest BCUT2D eigenvalue weighted by Gasteiger charge is -2.44. The van der Waals surface area contributed by atoms with E-state index >= 15 is 0 Å². The Morgan fingerprint density at radius 1 is 0.643 bits per heavy atom. The summed E-state index contributed by atoms with van der Waals surface area (Å²) >= 11 is 0. The Bertz CT molecular complexity index is 1040. The summed E-state index contributed by atoms with van der Waals surface area (Å²) in [5, 5.41) is 0. The van der Waals surface area contributed by atoms with Gasteiger partial charge in [0.25, 0.3) is 0 Å². The van der Waals surface area contributed by atoms with Gasteiger partial charge in [0.05, 0.1) is 6.10 Å². The Kier molecular flexibility index (Phi) is 10.4. The molecule has 0 spiro atoms. The van der Waals surface area contributed by atoms with E-state index in [1.807, 2.05) is 13.8 Å². The van der Waals surface area contributed by atoms with Crippen molar-refractivity contribution in [1.29, 1.82) is 0 Å². The van der Waals surface area contributed by atoms with Crippen molar-refractivity contribution in [3.63, 3.8) is 0 Å². The number of esters is 4. The van der Waals surface area contributed by atoms with Crippen molar-refractivity contribution in [3.05, 3.63) is 0 Å². The van der Waals surface area contributed by atoms with E-state index in [1.165, 1.54) is 49.3 Å². The second-order valence-corrected chi connectivity index (χ2v) is 13.7. The highest BCUT2D eigenvalue weighted by molar-refractivity contribution is 8.76. The molecular weight excluding hydrogens is 600 g/mol. The molecule has 42 heavy (non-hydrogen) atoms. The molecule has 4 heterocycles. The fourth-order valence-corrected chi connectivity index (χ4v) is 7.90. The number of hydrogen-bond acceptors (Lipinski definition) is 16. The highest BCUT2D eigenvalue weighted by Gasteiger charge is 2.61. The highest BCUT2D eigenvalue weighted by Crippen LogP contribution is 2.46. The largest absolute Gasteiger partial charge is 0.463 e. The van der Waals surface area contributed by atoms with Crippen molar-refractivity contribution in [2.75, 3.05) is 12.4 Å². The topological polar surface area (TPSA) is 161 Å². The molecule has 4 aliphatic rings. The summed E-state index contributed by atoms with van der Waals surface area (Å²) in [7, 11) is 2.52. The number of rotatable bonds is 9. The minimum absolute atomic E-state index is 0.300. The average molecular weight is 639 g/mol. The normalized spacial score (nSPS) is 38.1. The van der Waals surface area contributed by atoms with Crippen LogP contribution in [0.15, 0.2) is 0 Å². The molecule has 16 heteroatoms. The summed E-state index contributed by atoms with van der Waals surface area (Å²) in [6.07, 6.45) is -7.14. The molecule has 10 atom stereocenters. The Morgan fingerprint density at radius 3 is 1.81 bits per heavy atom. The third kappa shape index (κ3) is 8.08. The summed E-state index contributed by atoms with van der Waals surface area (Å²) in [5.74, 6) is -4.00. The molecule has 238 valence electrons. The predicted molar refractivity (Wildman–Crippen MR) is 145 cm³/mol. The standard InChI is InChI=1S/C26H38O14S2/c1-11(27)31-9-15-17(32-12(2)28)19(33-13(3)29)22(34-14(4)30)24(36-15)42-41-10-16-18-20(38-25(5,6)37-18)21-23(35-16)40-26(7,8)39-21/h15-24H,9-10H2,1-8H3/t15-,16-,17-,18+,19+,20+,21-,22-,23-,24+/m1/s1. The third-order valence-electron chi connectivity index (χ3n) is 6.59. The van der Waals surface area contributed by atoms with Gasteiger partial charge in [0.1, 0.15) is 31.0 Å². The molecular formula is C26H38O14S2. The van der Waals surface area contributed by atoms with Gasteiger partial charge < -0.3 is 47.4 Å². The van der Waals surface area contributed by atoms with Crippen LogP contribution in [0.1, 0.15) is 55.4 Å². The minimum Gasteiger partial charge on any atom is -0.463 e. The first-order chi connectivity index (χ1) is 19.5. The van der Waals surface area contributed by atoms with Crippen LogP contribution in [-0.4, -0.2) is 108 Å². The lowest BCUT2D eigenvalue weighted by molar-refractivity contribution is -0.237. The average Bonchev–Trinajstić information content (AvgIpc) is 3.34. The van der Waals surface area contributed by atoms with Crippen molar-refractivity contribution in [2.24, 2.45) is 0 Å². The molecule has 0 bridgehead atoms. The van der Waals surface area contributed by atoms with Crippen molar-refractivity contribution < 1.29 is 66.5 Å². The van der Waals surface area contributed by atoms with Crippen LogP contribution in [0, 0.1) is 0 Å². The van der Waals surface area contributed by atoms with Crippen LogP contribution in [0.3, 0.4) is 0 Å². The van der Waals surface area contributed by atoms with Gasteiger partial charge in [0, 0.05) is 33.4 Å². The molecule has 0 amide bonds. The SMILES string of the molecule is CC(=O)OC[C@H]1O[C@@H](SSC[C@H]2O[C@@H]3OC(C)(C)O[C@@H]3[C@H]3OC(C)(C)O[C@H]32)[C@H](OC(C)=O)[C@@H](OC(C)=O)[C@@H]1OC(C)=O. The van der Waals surface area contributed by atoms with E-state index in [9.17, 15) is 19.2 Å². The van der Waals surface area contributed by atoms with E-state index in [1.54, 1.807) is 13.8 Å². The van der Waals surface area contributed by atoms with Crippen LogP contribution in [0.2, 0.25) is 0 Å². The molecule has 4 rings (SSSR count). The van der Waals surface area contributed by atoms with E-state index < -0.39 is 96.0 Å². The minimum atomic E-state index is -1.24. The van der Waals surface area contributed by atoms with E-state index in [0.717, 1.165) is 0 Å². The third-order valence-corrected chi connectivity index (χ3v) is 9.15. The second kappa shape index (κ2) is 13.1. The summed E-state index contributed by atoms with van der Waals surface area (Å²) in [6, 6.07) is 0. The number of hydrogen-bond donors (Lipinski definition) is 0. The van der Waals surface area contributed by atoms with Crippen molar-refractivity contribution in [2.45, 2.75) is 128 Å². The molecule has 4 fully saturated rings. The summed E-state index contributed by atoms with van der Waals surface area (Å²) in [4.78, 5) is 47.7. The molecule has 0 N–H and O–H groups in total. The van der Waals surface area contributed by atoms with E-state index in [0.29, 0.717) is 5.75 Å². The molecule has 0 radical (unpaired) electrons. The van der Waals surface area contributed by atoms with Gasteiger partial charge in [0.2, 0.25) is 0 Å². The number of ether oxygens (including phenoxy) is 10. The van der Waals surface area contributed by atoms with Crippen LogP contribution in [0.4, 0.5) is 0 Å². The maximum absolute atomic E-state index is 12.1. The first-order valence-corrected chi connectivity index (χ1v) is 15.9. The molecule has 0 aromatic rings. The first kappa shape index (κ1) is 33.2. The predicted octanol–water partition coefficient (Wildman–Crippen LogP) is 1.85. The summed E-state index contributed by atoms with van der Waals surface area (Å²) < 4.78 is 58.4. The summed E-state index contributed by atoms with van der Waals surface area (Å²) in [5.41, 5.74) is -0.926.